The zero-order chi connectivity index (χ0) is 30.4. The van der Waals surface area contributed by atoms with Crippen molar-refractivity contribution in [3.63, 3.8) is 0 Å². The van der Waals surface area contributed by atoms with Crippen molar-refractivity contribution >= 4 is 23.2 Å². The van der Waals surface area contributed by atoms with Crippen LogP contribution in [0.2, 0.25) is 5.02 Å². The second-order valence-electron chi connectivity index (χ2n) is 10.4. The molecule has 4 rings (SSSR count). The molecule has 2 N–H and O–H groups in total. The van der Waals surface area contributed by atoms with Crippen LogP contribution < -0.4 is 15.0 Å². The Hall–Kier alpha value is -3.27. The van der Waals surface area contributed by atoms with E-state index in [0.29, 0.717) is 39.3 Å². The van der Waals surface area contributed by atoms with Gasteiger partial charge < -0.3 is 25.0 Å². The number of nitrogens with zero attached hydrogens (tertiary/aromatic N) is 2. The summed E-state index contributed by atoms with van der Waals surface area (Å²) in [5, 5.41) is 13.0. The second kappa shape index (κ2) is 13.8. The minimum atomic E-state index is -4.54. The van der Waals surface area contributed by atoms with Crippen molar-refractivity contribution in [1.29, 1.82) is 0 Å². The number of halogens is 4. The Morgan fingerprint density at radius 2 is 1.86 bits per heavy atom. The maximum absolute atomic E-state index is 13.4. The van der Waals surface area contributed by atoms with Crippen LogP contribution in [0.4, 0.5) is 18.9 Å². The Morgan fingerprint density at radius 3 is 2.48 bits per heavy atom. The van der Waals surface area contributed by atoms with Gasteiger partial charge in [0, 0.05) is 55.6 Å². The van der Waals surface area contributed by atoms with E-state index in [1.165, 1.54) is 0 Å². The number of hydrogen-bond acceptors (Lipinski definition) is 5. The average molecular weight is 604 g/mol. The van der Waals surface area contributed by atoms with E-state index in [1.807, 2.05) is 44.2 Å². The first-order valence-electron chi connectivity index (χ1n) is 14.2. The maximum Gasteiger partial charge on any atom is 0.416 e. The molecule has 1 saturated heterocycles. The summed E-state index contributed by atoms with van der Waals surface area (Å²) in [5.41, 5.74) is 3.10. The summed E-state index contributed by atoms with van der Waals surface area (Å²) in [5.74, 6) is 0.379. The molecule has 1 amide bonds. The first-order valence-corrected chi connectivity index (χ1v) is 14.6. The number of rotatable bonds is 10. The first kappa shape index (κ1) is 31.7. The SMILES string of the molecule is CCOc1c(-c2ccccc2)ccc(N2CCN(C(=O)c3ccc(C(F)(F)F)cc3Cl)C[C@H]2CC)c1CNCC(C)O. The second-order valence-corrected chi connectivity index (χ2v) is 10.8. The number of amides is 1. The highest BCUT2D eigenvalue weighted by Crippen LogP contribution is 2.41. The average Bonchev–Trinajstić information content (AvgIpc) is 2.97. The zero-order valence-corrected chi connectivity index (χ0v) is 24.8. The van der Waals surface area contributed by atoms with Crippen LogP contribution in [0.25, 0.3) is 11.1 Å². The Morgan fingerprint density at radius 1 is 1.12 bits per heavy atom. The molecule has 1 unspecified atom stereocenters. The molecule has 10 heteroatoms. The fourth-order valence-corrected chi connectivity index (χ4v) is 5.62. The Balaban J connectivity index is 1.66. The summed E-state index contributed by atoms with van der Waals surface area (Å²) in [7, 11) is 0. The number of aliphatic hydroxyl groups is 1. The summed E-state index contributed by atoms with van der Waals surface area (Å²) < 4.78 is 45.6. The van der Waals surface area contributed by atoms with Gasteiger partial charge in [0.05, 0.1) is 28.9 Å². The predicted molar refractivity (Wildman–Crippen MR) is 160 cm³/mol. The lowest BCUT2D eigenvalue weighted by atomic mass is 9.97. The molecule has 0 bridgehead atoms. The van der Waals surface area contributed by atoms with Crippen LogP contribution in [0.1, 0.15) is 48.7 Å². The third-order valence-electron chi connectivity index (χ3n) is 7.43. The molecule has 2 atom stereocenters. The van der Waals surface area contributed by atoms with Crippen LogP contribution >= 0.6 is 11.6 Å². The van der Waals surface area contributed by atoms with Gasteiger partial charge in [0.15, 0.2) is 0 Å². The largest absolute Gasteiger partial charge is 0.493 e. The van der Waals surface area contributed by atoms with Gasteiger partial charge in [-0.3, -0.25) is 4.79 Å². The lowest BCUT2D eigenvalue weighted by Crippen LogP contribution is -2.55. The fraction of sp³-hybridized carbons (Fsp3) is 0.406. The first-order chi connectivity index (χ1) is 20.0. The highest BCUT2D eigenvalue weighted by Gasteiger charge is 2.34. The lowest BCUT2D eigenvalue weighted by Gasteiger charge is -2.43. The van der Waals surface area contributed by atoms with Crippen molar-refractivity contribution in [2.45, 2.75) is 52.1 Å². The van der Waals surface area contributed by atoms with E-state index < -0.39 is 17.8 Å². The number of alkyl halides is 3. The van der Waals surface area contributed by atoms with Gasteiger partial charge in [0.2, 0.25) is 0 Å². The lowest BCUT2D eigenvalue weighted by molar-refractivity contribution is -0.137. The minimum absolute atomic E-state index is 0.0523. The molecule has 6 nitrogen and oxygen atoms in total. The molecule has 0 saturated carbocycles. The molecule has 1 aliphatic heterocycles. The van der Waals surface area contributed by atoms with Crippen molar-refractivity contribution in [3.05, 3.63) is 82.4 Å². The zero-order valence-electron chi connectivity index (χ0n) is 24.0. The predicted octanol–water partition coefficient (Wildman–Crippen LogP) is 6.64. The molecule has 0 aromatic heterocycles. The normalized spacial score (nSPS) is 16.4. The van der Waals surface area contributed by atoms with Crippen LogP contribution in [-0.4, -0.2) is 60.8 Å². The molecule has 1 heterocycles. The Bertz CT molecular complexity index is 1370. The van der Waals surface area contributed by atoms with Gasteiger partial charge in [-0.15, -0.1) is 0 Å². The van der Waals surface area contributed by atoms with Crippen molar-refractivity contribution < 1.29 is 27.8 Å². The quantitative estimate of drug-likeness (QED) is 0.272. The van der Waals surface area contributed by atoms with Gasteiger partial charge in [-0.2, -0.15) is 13.2 Å². The summed E-state index contributed by atoms with van der Waals surface area (Å²) in [6, 6.07) is 16.9. The van der Waals surface area contributed by atoms with E-state index in [2.05, 4.69) is 22.3 Å². The van der Waals surface area contributed by atoms with E-state index in [-0.39, 0.29) is 22.5 Å². The van der Waals surface area contributed by atoms with Crippen LogP contribution in [-0.2, 0) is 12.7 Å². The monoisotopic (exact) mass is 603 g/mol. The molecule has 1 aliphatic rings. The van der Waals surface area contributed by atoms with E-state index in [1.54, 1.807) is 11.8 Å². The summed E-state index contributed by atoms with van der Waals surface area (Å²) in [6.45, 7) is 8.34. The van der Waals surface area contributed by atoms with Gasteiger partial charge in [-0.05, 0) is 56.2 Å². The number of ether oxygens (including phenoxy) is 1. The fourth-order valence-electron chi connectivity index (χ4n) is 5.36. The molecule has 1 fully saturated rings. The molecule has 0 spiro atoms. The third-order valence-corrected chi connectivity index (χ3v) is 7.74. The number of carbonyl (C=O) groups excluding carboxylic acids is 1. The number of anilines is 1. The minimum Gasteiger partial charge on any atom is -0.493 e. The molecule has 3 aromatic carbocycles. The van der Waals surface area contributed by atoms with Gasteiger partial charge in [0.25, 0.3) is 5.91 Å². The van der Waals surface area contributed by atoms with Crippen LogP contribution in [0.3, 0.4) is 0 Å². The Labute approximate surface area is 250 Å². The van der Waals surface area contributed by atoms with E-state index >= 15 is 0 Å². The van der Waals surface area contributed by atoms with Crippen molar-refractivity contribution in [2.24, 2.45) is 0 Å². The van der Waals surface area contributed by atoms with E-state index in [0.717, 1.165) is 52.7 Å². The third kappa shape index (κ3) is 7.19. The molecular weight excluding hydrogens is 567 g/mol. The van der Waals surface area contributed by atoms with E-state index in [9.17, 15) is 23.1 Å². The number of aliphatic hydroxyl groups excluding tert-OH is 1. The summed E-state index contributed by atoms with van der Waals surface area (Å²) in [4.78, 5) is 17.3. The van der Waals surface area contributed by atoms with Gasteiger partial charge in [-0.1, -0.05) is 48.9 Å². The summed E-state index contributed by atoms with van der Waals surface area (Å²) in [6.07, 6.45) is -4.33. The van der Waals surface area contributed by atoms with Crippen molar-refractivity contribution in [3.8, 4) is 16.9 Å². The molecule has 226 valence electrons. The van der Waals surface area contributed by atoms with E-state index in [4.69, 9.17) is 16.3 Å². The molecule has 0 radical (unpaired) electrons. The number of hydrogen-bond donors (Lipinski definition) is 2. The number of benzene rings is 3. The topological polar surface area (TPSA) is 65.0 Å². The van der Waals surface area contributed by atoms with Crippen LogP contribution in [0.5, 0.6) is 5.75 Å². The molecule has 0 aliphatic carbocycles. The van der Waals surface area contributed by atoms with Crippen LogP contribution in [0.15, 0.2) is 60.7 Å². The number of piperazine rings is 1. The molecular formula is C32H37ClF3N3O3. The van der Waals surface area contributed by atoms with Gasteiger partial charge in [-0.25, -0.2) is 0 Å². The highest BCUT2D eigenvalue weighted by atomic mass is 35.5. The smallest absolute Gasteiger partial charge is 0.416 e. The van der Waals surface area contributed by atoms with Gasteiger partial charge in [0.1, 0.15) is 5.75 Å². The standard InChI is InChI=1S/C32H37ClF3N3O3/c1-4-24-20-38(31(41)26-12-11-23(17-28(26)33)32(34,35)36)15-16-39(24)29-14-13-25(22-9-7-6-8-10-22)30(42-5-2)27(29)19-37-18-21(3)40/h6-14,17,21,24,37,40H,4-5,15-16,18-20H2,1-3H3/t21?,24-/m1/s1. The molecule has 3 aromatic rings. The summed E-state index contributed by atoms with van der Waals surface area (Å²) >= 11 is 6.15. The highest BCUT2D eigenvalue weighted by molar-refractivity contribution is 6.33. The van der Waals surface area contributed by atoms with Crippen molar-refractivity contribution in [2.75, 3.05) is 37.7 Å². The number of carbonyl (C=O) groups is 1. The van der Waals surface area contributed by atoms with Gasteiger partial charge >= 0.3 is 6.18 Å². The Kier molecular flexibility index (Phi) is 10.4. The molecule has 42 heavy (non-hydrogen) atoms. The number of nitrogens with one attached hydrogen (secondary N) is 1. The maximum atomic E-state index is 13.4. The van der Waals surface area contributed by atoms with Crippen LogP contribution in [0, 0.1) is 0 Å². The van der Waals surface area contributed by atoms with Crippen molar-refractivity contribution in [1.82, 2.24) is 10.2 Å².